The van der Waals surface area contributed by atoms with Crippen LogP contribution in [0.3, 0.4) is 0 Å². The van der Waals surface area contributed by atoms with Gasteiger partial charge < -0.3 is 4.74 Å². The zero-order chi connectivity index (χ0) is 13.7. The van der Waals surface area contributed by atoms with E-state index in [1.165, 1.54) is 6.92 Å². The Balaban J connectivity index is 1.95. The maximum absolute atomic E-state index is 11.2. The van der Waals surface area contributed by atoms with Crippen molar-refractivity contribution in [3.05, 3.63) is 58.9 Å². The zero-order valence-corrected chi connectivity index (χ0v) is 11.4. The number of ketones is 1. The van der Waals surface area contributed by atoms with Crippen LogP contribution in [-0.2, 0) is 6.42 Å². The van der Waals surface area contributed by atoms with E-state index in [9.17, 15) is 4.79 Å². The Hall–Kier alpha value is -1.87. The largest absolute Gasteiger partial charge is 0.492 e. The number of nitrogens with zero attached hydrogens (tertiary/aromatic N) is 1. The van der Waals surface area contributed by atoms with Gasteiger partial charge in [0.15, 0.2) is 5.78 Å². The molecule has 3 nitrogen and oxygen atoms in total. The molecule has 1 heterocycles. The lowest BCUT2D eigenvalue weighted by molar-refractivity contribution is 0.101. The maximum atomic E-state index is 11.2. The Morgan fingerprint density at radius 1 is 1.32 bits per heavy atom. The minimum atomic E-state index is -0.0121. The number of carbonyl (C=O) groups excluding carboxylic acids is 1. The monoisotopic (exact) mass is 275 g/mol. The van der Waals surface area contributed by atoms with Crippen LogP contribution < -0.4 is 4.74 Å². The molecule has 0 fully saturated rings. The molecule has 2 rings (SSSR count). The van der Waals surface area contributed by atoms with Gasteiger partial charge in [-0.3, -0.25) is 9.78 Å². The van der Waals surface area contributed by atoms with Crippen LogP contribution in [0, 0.1) is 0 Å². The summed E-state index contributed by atoms with van der Waals surface area (Å²) < 4.78 is 5.59. The van der Waals surface area contributed by atoms with E-state index in [0.29, 0.717) is 29.4 Å². The maximum Gasteiger partial charge on any atom is 0.159 e. The summed E-state index contributed by atoms with van der Waals surface area (Å²) in [7, 11) is 0. The van der Waals surface area contributed by atoms with Gasteiger partial charge in [-0.2, -0.15) is 0 Å². The van der Waals surface area contributed by atoms with Crippen LogP contribution in [0.15, 0.2) is 42.6 Å². The second-order valence-corrected chi connectivity index (χ2v) is 4.53. The van der Waals surface area contributed by atoms with Gasteiger partial charge in [0.25, 0.3) is 0 Å². The molecule has 0 bridgehead atoms. The molecular weight excluding hydrogens is 262 g/mol. The van der Waals surface area contributed by atoms with E-state index in [0.717, 1.165) is 5.69 Å². The molecule has 0 aliphatic rings. The molecule has 0 saturated heterocycles. The number of benzene rings is 1. The Morgan fingerprint density at radius 2 is 2.16 bits per heavy atom. The Labute approximate surface area is 117 Å². The molecule has 1 aromatic heterocycles. The number of halogens is 1. The fourth-order valence-electron chi connectivity index (χ4n) is 1.65. The third-order valence-electron chi connectivity index (χ3n) is 2.68. The van der Waals surface area contributed by atoms with Gasteiger partial charge in [0.05, 0.1) is 11.6 Å². The SMILES string of the molecule is CC(=O)c1ccc(OCCc2ccccn2)c(Cl)c1. The third kappa shape index (κ3) is 3.80. The predicted molar refractivity (Wildman–Crippen MR) is 74.9 cm³/mol. The lowest BCUT2D eigenvalue weighted by Crippen LogP contribution is -2.03. The number of ether oxygens (including phenoxy) is 1. The molecule has 0 N–H and O–H groups in total. The minimum absolute atomic E-state index is 0.0121. The van der Waals surface area contributed by atoms with Crippen LogP contribution in [0.2, 0.25) is 5.02 Å². The molecule has 1 aromatic carbocycles. The fraction of sp³-hybridized carbons (Fsp3) is 0.200. The normalized spacial score (nSPS) is 10.2. The third-order valence-corrected chi connectivity index (χ3v) is 2.98. The lowest BCUT2D eigenvalue weighted by atomic mass is 10.1. The van der Waals surface area contributed by atoms with Crippen LogP contribution in [0.25, 0.3) is 0 Å². The van der Waals surface area contributed by atoms with Crippen molar-refractivity contribution in [1.82, 2.24) is 4.98 Å². The van der Waals surface area contributed by atoms with Gasteiger partial charge in [0.2, 0.25) is 0 Å². The van der Waals surface area contributed by atoms with Crippen LogP contribution in [-0.4, -0.2) is 17.4 Å². The quantitative estimate of drug-likeness (QED) is 0.783. The lowest BCUT2D eigenvalue weighted by Gasteiger charge is -2.08. The summed E-state index contributed by atoms with van der Waals surface area (Å²) in [5.41, 5.74) is 1.56. The molecule has 0 aliphatic carbocycles. The summed E-state index contributed by atoms with van der Waals surface area (Å²) >= 11 is 6.06. The molecule has 0 spiro atoms. The highest BCUT2D eigenvalue weighted by molar-refractivity contribution is 6.32. The fourth-order valence-corrected chi connectivity index (χ4v) is 1.88. The summed E-state index contributed by atoms with van der Waals surface area (Å²) in [4.78, 5) is 15.4. The Kier molecular flexibility index (Phi) is 4.53. The summed E-state index contributed by atoms with van der Waals surface area (Å²) in [6, 6.07) is 10.8. The molecule has 0 saturated carbocycles. The van der Waals surface area contributed by atoms with Gasteiger partial charge in [0.1, 0.15) is 5.75 Å². The molecule has 98 valence electrons. The number of aromatic nitrogens is 1. The minimum Gasteiger partial charge on any atom is -0.492 e. The van der Waals surface area contributed by atoms with Crippen molar-refractivity contribution >= 4 is 17.4 Å². The first-order chi connectivity index (χ1) is 9.16. The molecule has 0 unspecified atom stereocenters. The average molecular weight is 276 g/mol. The van der Waals surface area contributed by atoms with E-state index in [4.69, 9.17) is 16.3 Å². The van der Waals surface area contributed by atoms with Gasteiger partial charge in [-0.1, -0.05) is 17.7 Å². The van der Waals surface area contributed by atoms with Crippen molar-refractivity contribution in [3.8, 4) is 5.75 Å². The van der Waals surface area contributed by atoms with Gasteiger partial charge in [0, 0.05) is 23.9 Å². The van der Waals surface area contributed by atoms with Crippen LogP contribution in [0.4, 0.5) is 0 Å². The molecule has 19 heavy (non-hydrogen) atoms. The van der Waals surface area contributed by atoms with Crippen molar-refractivity contribution in [2.75, 3.05) is 6.61 Å². The first-order valence-electron chi connectivity index (χ1n) is 6.00. The van der Waals surface area contributed by atoms with Crippen molar-refractivity contribution in [2.45, 2.75) is 13.3 Å². The average Bonchev–Trinajstić information content (AvgIpc) is 2.41. The standard InChI is InChI=1S/C15H14ClNO2/c1-11(18)12-5-6-15(14(16)10-12)19-9-7-13-4-2-3-8-17-13/h2-6,8,10H,7,9H2,1H3. The van der Waals surface area contributed by atoms with Gasteiger partial charge in [-0.15, -0.1) is 0 Å². The first-order valence-corrected chi connectivity index (χ1v) is 6.38. The van der Waals surface area contributed by atoms with Crippen LogP contribution in [0.1, 0.15) is 23.0 Å². The summed E-state index contributed by atoms with van der Waals surface area (Å²) in [6.45, 7) is 2.00. The number of rotatable bonds is 5. The van der Waals surface area contributed by atoms with Crippen molar-refractivity contribution in [2.24, 2.45) is 0 Å². The number of Topliss-reactive ketones (excluding diaryl/α,β-unsaturated/α-hetero) is 1. The molecule has 0 atom stereocenters. The number of pyridine rings is 1. The highest BCUT2D eigenvalue weighted by Crippen LogP contribution is 2.25. The van der Waals surface area contributed by atoms with Crippen molar-refractivity contribution < 1.29 is 9.53 Å². The molecular formula is C15H14ClNO2. The number of carbonyl (C=O) groups is 1. The molecule has 0 aliphatic heterocycles. The molecule has 0 amide bonds. The summed E-state index contributed by atoms with van der Waals surface area (Å²) in [5.74, 6) is 0.574. The highest BCUT2D eigenvalue weighted by Gasteiger charge is 2.06. The van der Waals surface area contributed by atoms with Crippen LogP contribution >= 0.6 is 11.6 Å². The number of hydrogen-bond acceptors (Lipinski definition) is 3. The zero-order valence-electron chi connectivity index (χ0n) is 10.6. The molecule has 2 aromatic rings. The summed E-state index contributed by atoms with van der Waals surface area (Å²) in [6.07, 6.45) is 2.47. The Morgan fingerprint density at radius 3 is 2.79 bits per heavy atom. The molecule has 4 heteroatoms. The number of hydrogen-bond donors (Lipinski definition) is 0. The van der Waals surface area contributed by atoms with E-state index in [1.807, 2.05) is 18.2 Å². The van der Waals surface area contributed by atoms with E-state index in [-0.39, 0.29) is 5.78 Å². The van der Waals surface area contributed by atoms with Gasteiger partial charge in [-0.25, -0.2) is 0 Å². The topological polar surface area (TPSA) is 39.2 Å². The van der Waals surface area contributed by atoms with Crippen molar-refractivity contribution in [3.63, 3.8) is 0 Å². The smallest absolute Gasteiger partial charge is 0.159 e. The van der Waals surface area contributed by atoms with Gasteiger partial charge in [-0.05, 0) is 37.3 Å². The van der Waals surface area contributed by atoms with E-state index in [2.05, 4.69) is 4.98 Å². The first kappa shape index (κ1) is 13.6. The second-order valence-electron chi connectivity index (χ2n) is 4.12. The van der Waals surface area contributed by atoms with E-state index < -0.39 is 0 Å². The second kappa shape index (κ2) is 6.34. The predicted octanol–water partition coefficient (Wildman–Crippen LogP) is 3.56. The molecule has 0 radical (unpaired) electrons. The summed E-state index contributed by atoms with van der Waals surface area (Å²) in [5, 5.41) is 0.453. The highest BCUT2D eigenvalue weighted by atomic mass is 35.5. The van der Waals surface area contributed by atoms with E-state index in [1.54, 1.807) is 24.4 Å². The van der Waals surface area contributed by atoms with Crippen LogP contribution in [0.5, 0.6) is 5.75 Å². The van der Waals surface area contributed by atoms with E-state index >= 15 is 0 Å². The van der Waals surface area contributed by atoms with Crippen molar-refractivity contribution in [1.29, 1.82) is 0 Å². The van der Waals surface area contributed by atoms with Gasteiger partial charge >= 0.3 is 0 Å². The Bertz CT molecular complexity index is 570.